The fourth-order valence-corrected chi connectivity index (χ4v) is 3.11. The largest absolute Gasteiger partial charge is 0.480 e. The maximum Gasteiger partial charge on any atom is 0.322 e. The first-order valence-electron chi connectivity index (χ1n) is 6.08. The summed E-state index contributed by atoms with van der Waals surface area (Å²) >= 11 is 0. The molecule has 1 aliphatic rings. The van der Waals surface area contributed by atoms with E-state index in [1.54, 1.807) is 6.92 Å². The number of sulfonamides is 1. The molecule has 1 fully saturated rings. The molecule has 2 N–H and O–H groups in total. The van der Waals surface area contributed by atoms with Gasteiger partial charge in [-0.3, -0.25) is 4.79 Å². The number of hydrogen-bond donors (Lipinski definition) is 2. The fraction of sp³-hybridized carbons (Fsp3) is 0.909. The molecule has 0 aromatic carbocycles. The zero-order valence-corrected chi connectivity index (χ0v) is 11.2. The molecular formula is C11H21NO4S. The molecule has 6 heteroatoms. The van der Waals surface area contributed by atoms with Crippen LogP contribution >= 0.6 is 0 Å². The second-order valence-electron chi connectivity index (χ2n) is 4.87. The lowest BCUT2D eigenvalue weighted by Gasteiger charge is -2.20. The van der Waals surface area contributed by atoms with Crippen LogP contribution in [0.2, 0.25) is 0 Å². The lowest BCUT2D eigenvalue weighted by molar-refractivity contribution is -0.140. The van der Waals surface area contributed by atoms with Crippen molar-refractivity contribution in [3.05, 3.63) is 0 Å². The van der Waals surface area contributed by atoms with E-state index < -0.39 is 22.0 Å². The Balaban J connectivity index is 2.54. The molecule has 1 rings (SSSR count). The number of carboxylic acids is 1. The maximum atomic E-state index is 11.7. The third kappa shape index (κ3) is 5.04. The second-order valence-corrected chi connectivity index (χ2v) is 6.74. The highest BCUT2D eigenvalue weighted by atomic mass is 32.2. The summed E-state index contributed by atoms with van der Waals surface area (Å²) in [6.45, 7) is 3.58. The van der Waals surface area contributed by atoms with Crippen LogP contribution in [0, 0.1) is 11.8 Å². The summed E-state index contributed by atoms with van der Waals surface area (Å²) in [4.78, 5) is 11.0. The highest BCUT2D eigenvalue weighted by Crippen LogP contribution is 2.32. The van der Waals surface area contributed by atoms with Crippen molar-refractivity contribution in [3.8, 4) is 0 Å². The molecule has 0 heterocycles. The number of hydrogen-bond acceptors (Lipinski definition) is 3. The van der Waals surface area contributed by atoms with Crippen molar-refractivity contribution < 1.29 is 18.3 Å². The van der Waals surface area contributed by atoms with Gasteiger partial charge in [-0.2, -0.15) is 0 Å². The number of carboxylic acid groups (broad SMARTS) is 1. The van der Waals surface area contributed by atoms with Crippen molar-refractivity contribution in [2.75, 3.05) is 5.75 Å². The number of rotatable bonds is 8. The monoisotopic (exact) mass is 263 g/mol. The van der Waals surface area contributed by atoms with Gasteiger partial charge in [-0.05, 0) is 18.3 Å². The molecule has 2 atom stereocenters. The van der Waals surface area contributed by atoms with Gasteiger partial charge in [0.05, 0.1) is 5.75 Å². The van der Waals surface area contributed by atoms with Crippen LogP contribution in [0.3, 0.4) is 0 Å². The minimum Gasteiger partial charge on any atom is -0.480 e. The van der Waals surface area contributed by atoms with Crippen LogP contribution in [-0.2, 0) is 14.8 Å². The van der Waals surface area contributed by atoms with E-state index in [0.717, 1.165) is 12.8 Å². The topological polar surface area (TPSA) is 83.5 Å². The Labute approximate surface area is 103 Å². The number of carbonyl (C=O) groups is 1. The minimum atomic E-state index is -3.47. The maximum absolute atomic E-state index is 11.7. The normalized spacial score (nSPS) is 19.9. The van der Waals surface area contributed by atoms with Crippen LogP contribution in [0.4, 0.5) is 0 Å². The van der Waals surface area contributed by atoms with Gasteiger partial charge < -0.3 is 5.11 Å². The van der Waals surface area contributed by atoms with Gasteiger partial charge in [0.2, 0.25) is 10.0 Å². The molecule has 1 saturated carbocycles. The predicted octanol–water partition coefficient (Wildman–Crippen LogP) is 1.21. The van der Waals surface area contributed by atoms with Crippen LogP contribution in [-0.4, -0.2) is 31.3 Å². The second kappa shape index (κ2) is 5.82. The smallest absolute Gasteiger partial charge is 0.322 e. The third-order valence-corrected chi connectivity index (χ3v) is 4.66. The van der Waals surface area contributed by atoms with Crippen molar-refractivity contribution in [2.45, 2.75) is 45.6 Å². The molecule has 0 radical (unpaired) electrons. The Morgan fingerprint density at radius 1 is 1.47 bits per heavy atom. The average molecular weight is 263 g/mol. The van der Waals surface area contributed by atoms with Gasteiger partial charge in [0.1, 0.15) is 6.04 Å². The summed E-state index contributed by atoms with van der Waals surface area (Å²) in [6, 6.07) is -1.01. The SMILES string of the molecule is CC[C@H](C)[C@H](NS(=O)(=O)CCC1CC1)C(=O)O. The number of aliphatic carboxylic acids is 1. The van der Waals surface area contributed by atoms with Gasteiger partial charge in [-0.15, -0.1) is 0 Å². The van der Waals surface area contributed by atoms with Crippen molar-refractivity contribution in [2.24, 2.45) is 11.8 Å². The van der Waals surface area contributed by atoms with E-state index >= 15 is 0 Å². The molecule has 0 saturated heterocycles. The average Bonchev–Trinajstić information content (AvgIpc) is 3.06. The van der Waals surface area contributed by atoms with Crippen LogP contribution in [0.15, 0.2) is 0 Å². The van der Waals surface area contributed by atoms with Gasteiger partial charge in [0.25, 0.3) is 0 Å². The molecule has 0 aliphatic heterocycles. The van der Waals surface area contributed by atoms with E-state index in [4.69, 9.17) is 5.11 Å². The zero-order valence-electron chi connectivity index (χ0n) is 10.3. The molecule has 0 spiro atoms. The lowest BCUT2D eigenvalue weighted by Crippen LogP contribution is -2.45. The molecule has 1 aliphatic carbocycles. The van der Waals surface area contributed by atoms with E-state index in [9.17, 15) is 13.2 Å². The van der Waals surface area contributed by atoms with Crippen molar-refractivity contribution in [1.29, 1.82) is 0 Å². The van der Waals surface area contributed by atoms with Gasteiger partial charge in [-0.25, -0.2) is 13.1 Å². The Morgan fingerprint density at radius 2 is 2.06 bits per heavy atom. The van der Waals surface area contributed by atoms with E-state index in [2.05, 4.69) is 4.72 Å². The highest BCUT2D eigenvalue weighted by molar-refractivity contribution is 7.89. The highest BCUT2D eigenvalue weighted by Gasteiger charge is 2.30. The van der Waals surface area contributed by atoms with Gasteiger partial charge >= 0.3 is 5.97 Å². The van der Waals surface area contributed by atoms with Crippen LogP contribution < -0.4 is 4.72 Å². The molecular weight excluding hydrogens is 242 g/mol. The molecule has 0 aromatic rings. The summed E-state index contributed by atoms with van der Waals surface area (Å²) < 4.78 is 25.7. The predicted molar refractivity (Wildman–Crippen MR) is 65.1 cm³/mol. The van der Waals surface area contributed by atoms with E-state index in [1.807, 2.05) is 6.92 Å². The minimum absolute atomic E-state index is 0.0396. The van der Waals surface area contributed by atoms with E-state index in [0.29, 0.717) is 18.8 Å². The first kappa shape index (κ1) is 14.4. The third-order valence-electron chi connectivity index (χ3n) is 3.28. The van der Waals surface area contributed by atoms with Crippen LogP contribution in [0.1, 0.15) is 39.5 Å². The van der Waals surface area contributed by atoms with Crippen molar-refractivity contribution >= 4 is 16.0 Å². The summed E-state index contributed by atoms with van der Waals surface area (Å²) in [5.74, 6) is -0.742. The Hall–Kier alpha value is -0.620. The van der Waals surface area contributed by atoms with Gasteiger partial charge in [-0.1, -0.05) is 33.1 Å². The summed E-state index contributed by atoms with van der Waals surface area (Å²) in [5, 5.41) is 9.00. The standard InChI is InChI=1S/C11H21NO4S/c1-3-8(2)10(11(13)14)12-17(15,16)7-6-9-4-5-9/h8-10,12H,3-7H2,1-2H3,(H,13,14)/t8-,10-/m0/s1. The summed E-state index contributed by atoms with van der Waals surface area (Å²) in [7, 11) is -3.47. The Morgan fingerprint density at radius 3 is 2.47 bits per heavy atom. The van der Waals surface area contributed by atoms with Crippen LogP contribution in [0.25, 0.3) is 0 Å². The summed E-state index contributed by atoms with van der Waals surface area (Å²) in [6.07, 6.45) is 3.47. The summed E-state index contributed by atoms with van der Waals surface area (Å²) in [5.41, 5.74) is 0. The molecule has 100 valence electrons. The zero-order chi connectivity index (χ0) is 13.1. The first-order valence-corrected chi connectivity index (χ1v) is 7.73. The quantitative estimate of drug-likeness (QED) is 0.689. The molecule has 5 nitrogen and oxygen atoms in total. The Kier molecular flexibility index (Phi) is 4.94. The van der Waals surface area contributed by atoms with Crippen molar-refractivity contribution in [1.82, 2.24) is 4.72 Å². The number of nitrogens with one attached hydrogen (secondary N) is 1. The first-order chi connectivity index (χ1) is 7.85. The van der Waals surface area contributed by atoms with Crippen molar-refractivity contribution in [3.63, 3.8) is 0 Å². The molecule has 0 unspecified atom stereocenters. The molecule has 0 amide bonds. The fourth-order valence-electron chi connectivity index (χ4n) is 1.63. The van der Waals surface area contributed by atoms with Gasteiger partial charge in [0.15, 0.2) is 0 Å². The van der Waals surface area contributed by atoms with Crippen LogP contribution in [0.5, 0.6) is 0 Å². The van der Waals surface area contributed by atoms with E-state index in [-0.39, 0.29) is 11.7 Å². The molecule has 0 aromatic heterocycles. The molecule has 17 heavy (non-hydrogen) atoms. The molecule has 0 bridgehead atoms. The lowest BCUT2D eigenvalue weighted by atomic mass is 10.0. The van der Waals surface area contributed by atoms with E-state index in [1.165, 1.54) is 0 Å². The Bertz CT molecular complexity index is 362. The van der Waals surface area contributed by atoms with Gasteiger partial charge in [0, 0.05) is 0 Å².